The van der Waals surface area contributed by atoms with Crippen LogP contribution >= 0.6 is 0 Å². The number of hydrogen-bond acceptors (Lipinski definition) is 6. The standard InChI is InChI=1S/C26H31N7/c1-2-11-22-21(10-1)31-25(32-22)19-33(23-12-5-8-20-9-6-14-30-26(20)23)17-4-3-13-27-18-24-28-15-7-16-29-24/h1-2,6-7,9-11,14-16,23,27H,3-5,8,12-13,17-19H2,(H,31,32). The number of H-pyrrole nitrogens is 1. The summed E-state index contributed by atoms with van der Waals surface area (Å²) in [6.07, 6.45) is 11.2. The van der Waals surface area contributed by atoms with E-state index in [-0.39, 0.29) is 0 Å². The number of unbranched alkanes of at least 4 members (excludes halogenated alkanes) is 1. The highest BCUT2D eigenvalue weighted by atomic mass is 15.2. The number of aromatic amines is 1. The lowest BCUT2D eigenvalue weighted by molar-refractivity contribution is 0.159. The SMILES string of the molecule is c1cnc(CNCCCCN(Cc2nc3ccccc3[nH]2)C2CCCc3cccnc32)nc1. The highest BCUT2D eigenvalue weighted by Crippen LogP contribution is 2.33. The molecule has 1 aromatic carbocycles. The average Bonchev–Trinajstić information content (AvgIpc) is 3.28. The minimum absolute atomic E-state index is 0.342. The van der Waals surface area contributed by atoms with E-state index in [4.69, 9.17) is 9.97 Å². The zero-order chi connectivity index (χ0) is 22.3. The highest BCUT2D eigenvalue weighted by Gasteiger charge is 2.27. The van der Waals surface area contributed by atoms with Crippen molar-refractivity contribution in [3.63, 3.8) is 0 Å². The first-order chi connectivity index (χ1) is 16.4. The maximum atomic E-state index is 4.85. The van der Waals surface area contributed by atoms with E-state index in [2.05, 4.69) is 55.5 Å². The Balaban J connectivity index is 1.24. The third kappa shape index (κ3) is 5.43. The molecule has 7 heteroatoms. The Labute approximate surface area is 194 Å². The lowest BCUT2D eigenvalue weighted by atomic mass is 9.90. The number of rotatable bonds is 10. The fraction of sp³-hybridized carbons (Fsp3) is 0.385. The monoisotopic (exact) mass is 441 g/mol. The molecule has 7 nitrogen and oxygen atoms in total. The summed E-state index contributed by atoms with van der Waals surface area (Å²) in [5.41, 5.74) is 4.77. The molecule has 3 aromatic heterocycles. The Kier molecular flexibility index (Phi) is 6.99. The van der Waals surface area contributed by atoms with Crippen LogP contribution in [0, 0.1) is 0 Å². The van der Waals surface area contributed by atoms with Gasteiger partial charge in [0.1, 0.15) is 11.6 Å². The van der Waals surface area contributed by atoms with Gasteiger partial charge in [0.25, 0.3) is 0 Å². The maximum absolute atomic E-state index is 4.85. The molecule has 0 saturated heterocycles. The summed E-state index contributed by atoms with van der Waals surface area (Å²) in [6.45, 7) is 3.49. The lowest BCUT2D eigenvalue weighted by Crippen LogP contribution is -2.33. The van der Waals surface area contributed by atoms with Gasteiger partial charge in [-0.25, -0.2) is 15.0 Å². The van der Waals surface area contributed by atoms with Crippen LogP contribution in [0.25, 0.3) is 11.0 Å². The summed E-state index contributed by atoms with van der Waals surface area (Å²) in [5.74, 6) is 1.87. The third-order valence-corrected chi connectivity index (χ3v) is 6.35. The second-order valence-electron chi connectivity index (χ2n) is 8.68. The van der Waals surface area contributed by atoms with E-state index in [0.29, 0.717) is 12.6 Å². The molecule has 33 heavy (non-hydrogen) atoms. The van der Waals surface area contributed by atoms with Gasteiger partial charge < -0.3 is 10.3 Å². The van der Waals surface area contributed by atoms with Gasteiger partial charge in [0.15, 0.2) is 0 Å². The molecular formula is C26H31N7. The van der Waals surface area contributed by atoms with Crippen LogP contribution in [-0.4, -0.2) is 42.9 Å². The van der Waals surface area contributed by atoms with Crippen molar-refractivity contribution in [2.75, 3.05) is 13.1 Å². The first-order valence-corrected chi connectivity index (χ1v) is 11.9. The molecule has 5 rings (SSSR count). The molecule has 0 saturated carbocycles. The van der Waals surface area contributed by atoms with E-state index in [1.807, 2.05) is 18.3 Å². The second kappa shape index (κ2) is 10.6. The largest absolute Gasteiger partial charge is 0.341 e. The lowest BCUT2D eigenvalue weighted by Gasteiger charge is -2.34. The van der Waals surface area contributed by atoms with Crippen LogP contribution in [0.4, 0.5) is 0 Å². The predicted octanol–water partition coefficient (Wildman–Crippen LogP) is 4.20. The van der Waals surface area contributed by atoms with E-state index in [9.17, 15) is 0 Å². The number of benzene rings is 1. The topological polar surface area (TPSA) is 82.6 Å². The Morgan fingerprint density at radius 3 is 2.76 bits per heavy atom. The Bertz CT molecular complexity index is 1120. The van der Waals surface area contributed by atoms with Gasteiger partial charge >= 0.3 is 0 Å². The van der Waals surface area contributed by atoms with Gasteiger partial charge in [-0.2, -0.15) is 0 Å². The van der Waals surface area contributed by atoms with Crippen molar-refractivity contribution in [2.24, 2.45) is 0 Å². The number of aryl methyl sites for hydroxylation is 1. The van der Waals surface area contributed by atoms with Crippen molar-refractivity contribution in [3.8, 4) is 0 Å². The zero-order valence-corrected chi connectivity index (χ0v) is 19.0. The minimum atomic E-state index is 0.342. The van der Waals surface area contributed by atoms with Crippen molar-refractivity contribution in [1.29, 1.82) is 0 Å². The molecule has 0 radical (unpaired) electrons. The van der Waals surface area contributed by atoms with Crippen LogP contribution in [0.1, 0.15) is 54.6 Å². The van der Waals surface area contributed by atoms with Crippen LogP contribution in [0.15, 0.2) is 61.1 Å². The molecule has 0 amide bonds. The highest BCUT2D eigenvalue weighted by molar-refractivity contribution is 5.74. The fourth-order valence-corrected chi connectivity index (χ4v) is 4.74. The summed E-state index contributed by atoms with van der Waals surface area (Å²) in [7, 11) is 0. The molecule has 0 bridgehead atoms. The van der Waals surface area contributed by atoms with Gasteiger partial charge in [-0.3, -0.25) is 9.88 Å². The van der Waals surface area contributed by atoms with E-state index in [1.54, 1.807) is 12.4 Å². The quantitative estimate of drug-likeness (QED) is 0.359. The molecule has 1 unspecified atom stereocenters. The van der Waals surface area contributed by atoms with Gasteiger partial charge in [0.05, 0.1) is 35.9 Å². The maximum Gasteiger partial charge on any atom is 0.141 e. The molecule has 0 aliphatic heterocycles. The van der Waals surface area contributed by atoms with Gasteiger partial charge in [0, 0.05) is 18.6 Å². The van der Waals surface area contributed by atoms with Crippen LogP contribution in [-0.2, 0) is 19.5 Å². The van der Waals surface area contributed by atoms with Gasteiger partial charge in [0.2, 0.25) is 0 Å². The summed E-state index contributed by atoms with van der Waals surface area (Å²) in [6, 6.07) is 14.7. The van der Waals surface area contributed by atoms with Gasteiger partial charge in [-0.05, 0) is 75.0 Å². The molecule has 1 aliphatic carbocycles. The number of para-hydroxylation sites is 2. The number of nitrogens with zero attached hydrogens (tertiary/aromatic N) is 5. The van der Waals surface area contributed by atoms with Crippen molar-refractivity contribution >= 4 is 11.0 Å². The van der Waals surface area contributed by atoms with E-state index >= 15 is 0 Å². The average molecular weight is 442 g/mol. The Morgan fingerprint density at radius 2 is 1.85 bits per heavy atom. The van der Waals surface area contributed by atoms with Crippen molar-refractivity contribution in [2.45, 2.75) is 51.2 Å². The summed E-state index contributed by atoms with van der Waals surface area (Å²) >= 11 is 0. The Hall–Kier alpha value is -3.16. The van der Waals surface area contributed by atoms with Crippen LogP contribution in [0.2, 0.25) is 0 Å². The number of aromatic nitrogens is 5. The van der Waals surface area contributed by atoms with Crippen LogP contribution in [0.5, 0.6) is 0 Å². The molecule has 170 valence electrons. The molecular weight excluding hydrogens is 410 g/mol. The number of pyridine rings is 1. The van der Waals surface area contributed by atoms with Crippen LogP contribution in [0.3, 0.4) is 0 Å². The molecule has 3 heterocycles. The number of imidazole rings is 1. The van der Waals surface area contributed by atoms with E-state index < -0.39 is 0 Å². The van der Waals surface area contributed by atoms with Gasteiger partial charge in [-0.15, -0.1) is 0 Å². The zero-order valence-electron chi connectivity index (χ0n) is 19.0. The van der Waals surface area contributed by atoms with Crippen molar-refractivity contribution in [3.05, 3.63) is 84.0 Å². The molecule has 0 fully saturated rings. The fourth-order valence-electron chi connectivity index (χ4n) is 4.74. The van der Waals surface area contributed by atoms with Gasteiger partial charge in [-0.1, -0.05) is 18.2 Å². The summed E-state index contributed by atoms with van der Waals surface area (Å²) in [4.78, 5) is 24.3. The first kappa shape index (κ1) is 21.7. The predicted molar refractivity (Wildman–Crippen MR) is 129 cm³/mol. The normalized spacial score (nSPS) is 15.7. The van der Waals surface area contributed by atoms with Crippen molar-refractivity contribution < 1.29 is 0 Å². The molecule has 1 aliphatic rings. The molecule has 0 spiro atoms. The van der Waals surface area contributed by atoms with E-state index in [0.717, 1.165) is 68.0 Å². The summed E-state index contributed by atoms with van der Waals surface area (Å²) < 4.78 is 0. The smallest absolute Gasteiger partial charge is 0.141 e. The number of nitrogens with one attached hydrogen (secondary N) is 2. The second-order valence-corrected chi connectivity index (χ2v) is 8.68. The minimum Gasteiger partial charge on any atom is -0.341 e. The Morgan fingerprint density at radius 1 is 0.970 bits per heavy atom. The number of hydrogen-bond donors (Lipinski definition) is 2. The third-order valence-electron chi connectivity index (χ3n) is 6.35. The van der Waals surface area contributed by atoms with Crippen molar-refractivity contribution in [1.82, 2.24) is 35.1 Å². The summed E-state index contributed by atoms with van der Waals surface area (Å²) in [5, 5.41) is 3.46. The van der Waals surface area contributed by atoms with Crippen LogP contribution < -0.4 is 5.32 Å². The first-order valence-electron chi connectivity index (χ1n) is 11.9. The van der Waals surface area contributed by atoms with E-state index in [1.165, 1.54) is 17.7 Å². The molecule has 4 aromatic rings. The molecule has 2 N–H and O–H groups in total. The number of fused-ring (bicyclic) bond motifs is 2. The molecule has 1 atom stereocenters.